The normalized spacial score (nSPS) is 10.6. The quantitative estimate of drug-likeness (QED) is 0.361. The first-order valence-electron chi connectivity index (χ1n) is 8.52. The fourth-order valence-electron chi connectivity index (χ4n) is 2.92. The molecule has 132 valence electrons. The number of ether oxygens (including phenoxy) is 1. The number of hydrogen-bond acceptors (Lipinski definition) is 2. The Bertz CT molecular complexity index is 1040. The van der Waals surface area contributed by atoms with Crippen LogP contribution in [0.1, 0.15) is 0 Å². The van der Waals surface area contributed by atoms with Crippen LogP contribution in [0.3, 0.4) is 0 Å². The third-order valence-corrected chi connectivity index (χ3v) is 4.68. The van der Waals surface area contributed by atoms with Crippen molar-refractivity contribution >= 4 is 44.2 Å². The minimum absolute atomic E-state index is 0.455. The third-order valence-electron chi connectivity index (χ3n) is 4.19. The van der Waals surface area contributed by atoms with E-state index < -0.39 is 6.09 Å². The lowest BCUT2D eigenvalue weighted by Gasteiger charge is -2.22. The second-order valence-corrected chi connectivity index (χ2v) is 6.94. The summed E-state index contributed by atoms with van der Waals surface area (Å²) >= 11 is 3.47. The molecule has 4 aromatic rings. The van der Waals surface area contributed by atoms with Gasteiger partial charge in [0.15, 0.2) is 0 Å². The molecule has 0 bridgehead atoms. The summed E-state index contributed by atoms with van der Waals surface area (Å²) in [6.07, 6.45) is -0.455. The molecule has 0 aliphatic rings. The van der Waals surface area contributed by atoms with Crippen LogP contribution in [0.2, 0.25) is 0 Å². The Balaban J connectivity index is 1.67. The van der Waals surface area contributed by atoms with Crippen LogP contribution in [0, 0.1) is 0 Å². The molecule has 0 atom stereocenters. The van der Waals surface area contributed by atoms with Crippen LogP contribution in [0.25, 0.3) is 10.8 Å². The fourth-order valence-corrected chi connectivity index (χ4v) is 3.30. The number of para-hydroxylation sites is 2. The van der Waals surface area contributed by atoms with E-state index in [4.69, 9.17) is 4.74 Å². The Morgan fingerprint density at radius 1 is 0.704 bits per heavy atom. The lowest BCUT2D eigenvalue weighted by atomic mass is 10.1. The molecule has 4 heteroatoms. The van der Waals surface area contributed by atoms with Gasteiger partial charge in [0.25, 0.3) is 0 Å². The molecule has 4 aromatic carbocycles. The number of anilines is 2. The van der Waals surface area contributed by atoms with Gasteiger partial charge < -0.3 is 4.74 Å². The average molecular weight is 418 g/mol. The van der Waals surface area contributed by atoms with Crippen molar-refractivity contribution in [3.05, 3.63) is 102 Å². The van der Waals surface area contributed by atoms with Crippen molar-refractivity contribution in [2.24, 2.45) is 0 Å². The Labute approximate surface area is 165 Å². The number of rotatable bonds is 3. The monoisotopic (exact) mass is 417 g/mol. The Morgan fingerprint density at radius 3 is 1.89 bits per heavy atom. The molecular weight excluding hydrogens is 402 g/mol. The average Bonchev–Trinajstić information content (AvgIpc) is 2.70. The van der Waals surface area contributed by atoms with Crippen LogP contribution in [-0.4, -0.2) is 6.09 Å². The largest absolute Gasteiger partial charge is 0.424 e. The molecular formula is C23H16BrNO2. The summed E-state index contributed by atoms with van der Waals surface area (Å²) in [5.74, 6) is 0.506. The molecule has 0 unspecified atom stereocenters. The van der Waals surface area contributed by atoms with Crippen molar-refractivity contribution in [3.8, 4) is 5.75 Å². The SMILES string of the molecule is O=C(Oc1ccc2cc(Br)ccc2c1)N(c1ccccc1)c1ccccc1. The van der Waals surface area contributed by atoms with Gasteiger partial charge in [0.1, 0.15) is 5.75 Å². The van der Waals surface area contributed by atoms with Crippen LogP contribution in [0.5, 0.6) is 5.75 Å². The Kier molecular flexibility index (Phi) is 4.90. The van der Waals surface area contributed by atoms with Gasteiger partial charge in [-0.25, -0.2) is 9.69 Å². The zero-order valence-electron chi connectivity index (χ0n) is 14.4. The minimum atomic E-state index is -0.455. The summed E-state index contributed by atoms with van der Waals surface area (Å²) < 4.78 is 6.71. The number of halogens is 1. The van der Waals surface area contributed by atoms with Crippen LogP contribution in [0.4, 0.5) is 16.2 Å². The number of carbonyl (C=O) groups excluding carboxylic acids is 1. The van der Waals surface area contributed by atoms with Gasteiger partial charge in [0.05, 0.1) is 11.4 Å². The van der Waals surface area contributed by atoms with Crippen molar-refractivity contribution in [2.45, 2.75) is 0 Å². The number of carbonyl (C=O) groups is 1. The van der Waals surface area contributed by atoms with E-state index in [9.17, 15) is 4.79 Å². The second-order valence-electron chi connectivity index (χ2n) is 6.03. The first-order chi connectivity index (χ1) is 13.2. The lowest BCUT2D eigenvalue weighted by Crippen LogP contribution is -2.29. The molecule has 1 amide bonds. The predicted octanol–water partition coefficient (Wildman–Crippen LogP) is 6.94. The first kappa shape index (κ1) is 17.3. The molecule has 0 saturated heterocycles. The van der Waals surface area contributed by atoms with E-state index in [0.29, 0.717) is 5.75 Å². The van der Waals surface area contributed by atoms with E-state index in [1.807, 2.05) is 91.0 Å². The van der Waals surface area contributed by atoms with E-state index >= 15 is 0 Å². The summed E-state index contributed by atoms with van der Waals surface area (Å²) in [5.41, 5.74) is 1.50. The molecule has 0 aliphatic heterocycles. The van der Waals surface area contributed by atoms with Crippen molar-refractivity contribution in [2.75, 3.05) is 4.90 Å². The lowest BCUT2D eigenvalue weighted by molar-refractivity contribution is 0.210. The molecule has 27 heavy (non-hydrogen) atoms. The fraction of sp³-hybridized carbons (Fsp3) is 0. The second kappa shape index (κ2) is 7.64. The molecule has 0 radical (unpaired) electrons. The van der Waals surface area contributed by atoms with Crippen LogP contribution in [-0.2, 0) is 0 Å². The smallest absolute Gasteiger partial charge is 0.410 e. The highest BCUT2D eigenvalue weighted by molar-refractivity contribution is 9.10. The molecule has 0 fully saturated rings. The predicted molar refractivity (Wildman–Crippen MR) is 113 cm³/mol. The molecule has 4 rings (SSSR count). The van der Waals surface area contributed by atoms with E-state index in [-0.39, 0.29) is 0 Å². The van der Waals surface area contributed by atoms with E-state index in [0.717, 1.165) is 26.6 Å². The number of amides is 1. The third kappa shape index (κ3) is 3.86. The standard InChI is InChI=1S/C23H16BrNO2/c24-19-13-11-18-16-22(14-12-17(18)15-19)27-23(26)25(20-7-3-1-4-8-20)21-9-5-2-6-10-21/h1-16H. The highest BCUT2D eigenvalue weighted by Gasteiger charge is 2.20. The Morgan fingerprint density at radius 2 is 1.26 bits per heavy atom. The molecule has 0 spiro atoms. The van der Waals surface area contributed by atoms with E-state index in [1.54, 1.807) is 11.0 Å². The van der Waals surface area contributed by atoms with Crippen molar-refractivity contribution in [3.63, 3.8) is 0 Å². The van der Waals surface area contributed by atoms with E-state index in [2.05, 4.69) is 15.9 Å². The van der Waals surface area contributed by atoms with Crippen LogP contribution < -0.4 is 9.64 Å². The maximum Gasteiger partial charge on any atom is 0.424 e. The number of hydrogen-bond donors (Lipinski definition) is 0. The summed E-state index contributed by atoms with van der Waals surface area (Å²) in [5, 5.41) is 2.08. The van der Waals surface area contributed by atoms with Crippen LogP contribution >= 0.6 is 15.9 Å². The van der Waals surface area contributed by atoms with Gasteiger partial charge in [-0.2, -0.15) is 0 Å². The van der Waals surface area contributed by atoms with Crippen molar-refractivity contribution in [1.29, 1.82) is 0 Å². The molecule has 0 N–H and O–H groups in total. The van der Waals surface area contributed by atoms with Gasteiger partial charge in [-0.1, -0.05) is 64.5 Å². The van der Waals surface area contributed by atoms with E-state index in [1.165, 1.54) is 0 Å². The van der Waals surface area contributed by atoms with Gasteiger partial charge in [-0.05, 0) is 59.3 Å². The first-order valence-corrected chi connectivity index (χ1v) is 9.31. The summed E-state index contributed by atoms with van der Waals surface area (Å²) in [4.78, 5) is 14.6. The van der Waals surface area contributed by atoms with Gasteiger partial charge >= 0.3 is 6.09 Å². The molecule has 0 saturated carbocycles. The van der Waals surface area contributed by atoms with Gasteiger partial charge in [0, 0.05) is 4.47 Å². The topological polar surface area (TPSA) is 29.5 Å². The minimum Gasteiger partial charge on any atom is -0.410 e. The number of benzene rings is 4. The molecule has 0 heterocycles. The Hall–Kier alpha value is -3.11. The van der Waals surface area contributed by atoms with Crippen molar-refractivity contribution < 1.29 is 9.53 Å². The zero-order chi connectivity index (χ0) is 18.6. The number of fused-ring (bicyclic) bond motifs is 1. The molecule has 3 nitrogen and oxygen atoms in total. The summed E-state index contributed by atoms with van der Waals surface area (Å²) in [7, 11) is 0. The maximum atomic E-state index is 13.0. The van der Waals surface area contributed by atoms with Gasteiger partial charge in [0.2, 0.25) is 0 Å². The van der Waals surface area contributed by atoms with Crippen LogP contribution in [0.15, 0.2) is 102 Å². The van der Waals surface area contributed by atoms with Gasteiger partial charge in [-0.15, -0.1) is 0 Å². The highest BCUT2D eigenvalue weighted by atomic mass is 79.9. The molecule has 0 aromatic heterocycles. The zero-order valence-corrected chi connectivity index (χ0v) is 16.0. The summed E-state index contributed by atoms with van der Waals surface area (Å²) in [6, 6.07) is 30.5. The summed E-state index contributed by atoms with van der Waals surface area (Å²) in [6.45, 7) is 0. The van der Waals surface area contributed by atoms with Gasteiger partial charge in [-0.3, -0.25) is 0 Å². The number of nitrogens with zero attached hydrogens (tertiary/aromatic N) is 1. The maximum absolute atomic E-state index is 13.0. The highest BCUT2D eigenvalue weighted by Crippen LogP contribution is 2.28. The molecule has 0 aliphatic carbocycles. The van der Waals surface area contributed by atoms with Crippen molar-refractivity contribution in [1.82, 2.24) is 0 Å².